The molecular weight excluding hydrogens is 248 g/mol. The van der Waals surface area contributed by atoms with Gasteiger partial charge in [-0.05, 0) is 44.4 Å². The van der Waals surface area contributed by atoms with Gasteiger partial charge in [-0.15, -0.1) is 0 Å². The van der Waals surface area contributed by atoms with Gasteiger partial charge < -0.3 is 0 Å². The van der Waals surface area contributed by atoms with Gasteiger partial charge in [0.2, 0.25) is 0 Å². The summed E-state index contributed by atoms with van der Waals surface area (Å²) in [5.74, 6) is 0.401. The number of Topliss-reactive ketones (excluding diaryl/α,β-unsaturated/α-hetero) is 1. The second kappa shape index (κ2) is 3.81. The van der Waals surface area contributed by atoms with Gasteiger partial charge in [0.15, 0.2) is 5.78 Å². The molecule has 0 spiro atoms. The molecule has 1 fully saturated rings. The van der Waals surface area contributed by atoms with E-state index in [2.05, 4.69) is 19.9 Å². The van der Waals surface area contributed by atoms with E-state index in [1.165, 1.54) is 11.1 Å². The summed E-state index contributed by atoms with van der Waals surface area (Å²) in [6, 6.07) is 0. The topological polar surface area (TPSA) is 34.1 Å². The van der Waals surface area contributed by atoms with Crippen LogP contribution in [0.5, 0.6) is 0 Å². The Balaban J connectivity index is 2.21. The van der Waals surface area contributed by atoms with E-state index < -0.39 is 5.41 Å². The summed E-state index contributed by atoms with van der Waals surface area (Å²) in [7, 11) is 0. The van der Waals surface area contributed by atoms with Crippen molar-refractivity contribution in [2.24, 2.45) is 16.2 Å². The van der Waals surface area contributed by atoms with Gasteiger partial charge in [0.05, 0.1) is 0 Å². The minimum absolute atomic E-state index is 0.0668. The lowest BCUT2D eigenvalue weighted by atomic mass is 9.49. The SMILES string of the molecule is CC1(C)C(=O)CC[C@@]2(C)C1=CC[C@@]1(C)C=CC(=O)C=C21. The molecule has 0 radical (unpaired) electrons. The summed E-state index contributed by atoms with van der Waals surface area (Å²) in [5.41, 5.74) is 1.80. The quantitative estimate of drug-likeness (QED) is 0.628. The third-order valence-corrected chi connectivity index (χ3v) is 5.66. The summed E-state index contributed by atoms with van der Waals surface area (Å²) in [4.78, 5) is 24.1. The Labute approximate surface area is 120 Å². The molecule has 2 nitrogen and oxygen atoms in total. The van der Waals surface area contributed by atoms with Gasteiger partial charge >= 0.3 is 0 Å². The molecule has 1 saturated carbocycles. The monoisotopic (exact) mass is 270 g/mol. The predicted molar refractivity (Wildman–Crippen MR) is 79.2 cm³/mol. The van der Waals surface area contributed by atoms with Gasteiger partial charge in [0, 0.05) is 22.7 Å². The van der Waals surface area contributed by atoms with Gasteiger partial charge in [-0.2, -0.15) is 0 Å². The van der Waals surface area contributed by atoms with E-state index in [4.69, 9.17) is 0 Å². The standard InChI is InChI=1S/C18H22O2/c1-16(2)13-6-9-17(3)8-5-12(19)11-14(17)18(13,4)10-7-15(16)20/h5-6,8,11H,7,9-10H2,1-4H3/t17-,18+/m1/s1. The fourth-order valence-corrected chi connectivity index (χ4v) is 4.40. The molecule has 106 valence electrons. The number of rotatable bonds is 0. The van der Waals surface area contributed by atoms with Crippen LogP contribution in [0, 0.1) is 16.2 Å². The molecule has 2 heteroatoms. The van der Waals surface area contributed by atoms with Gasteiger partial charge in [0.25, 0.3) is 0 Å². The molecule has 0 amide bonds. The first-order valence-electron chi connectivity index (χ1n) is 7.40. The number of carbonyl (C=O) groups is 2. The number of carbonyl (C=O) groups excluding carboxylic acids is 2. The second-order valence-electron chi connectivity index (χ2n) is 7.41. The number of ketones is 2. The van der Waals surface area contributed by atoms with Crippen molar-refractivity contribution in [2.45, 2.75) is 47.0 Å². The van der Waals surface area contributed by atoms with Crippen LogP contribution in [0.15, 0.2) is 35.5 Å². The van der Waals surface area contributed by atoms with Gasteiger partial charge in [-0.25, -0.2) is 0 Å². The molecule has 0 saturated heterocycles. The van der Waals surface area contributed by atoms with E-state index in [0.29, 0.717) is 12.2 Å². The molecule has 20 heavy (non-hydrogen) atoms. The molecule has 2 atom stereocenters. The second-order valence-corrected chi connectivity index (χ2v) is 7.41. The maximum absolute atomic E-state index is 12.3. The minimum Gasteiger partial charge on any atom is -0.299 e. The Hall–Kier alpha value is -1.44. The summed E-state index contributed by atoms with van der Waals surface area (Å²) in [6.45, 7) is 8.47. The zero-order valence-corrected chi connectivity index (χ0v) is 12.7. The smallest absolute Gasteiger partial charge is 0.178 e. The molecule has 0 aromatic heterocycles. The normalized spacial score (nSPS) is 38.8. The molecule has 0 aliphatic heterocycles. The molecule has 0 bridgehead atoms. The molecule has 0 unspecified atom stereocenters. The lowest BCUT2D eigenvalue weighted by Crippen LogP contribution is -2.47. The summed E-state index contributed by atoms with van der Waals surface area (Å²) >= 11 is 0. The average Bonchev–Trinajstić information content (AvgIpc) is 2.37. The van der Waals surface area contributed by atoms with Crippen LogP contribution in [0.3, 0.4) is 0 Å². The number of hydrogen-bond donors (Lipinski definition) is 0. The molecule has 0 heterocycles. The molecule has 0 N–H and O–H groups in total. The van der Waals surface area contributed by atoms with E-state index in [1.54, 1.807) is 6.08 Å². The van der Waals surface area contributed by atoms with E-state index in [-0.39, 0.29) is 16.6 Å². The largest absolute Gasteiger partial charge is 0.299 e. The van der Waals surface area contributed by atoms with Gasteiger partial charge in [0.1, 0.15) is 5.78 Å². The van der Waals surface area contributed by atoms with Crippen molar-refractivity contribution in [1.82, 2.24) is 0 Å². The van der Waals surface area contributed by atoms with Crippen molar-refractivity contribution < 1.29 is 9.59 Å². The highest BCUT2D eigenvalue weighted by molar-refractivity contribution is 6.02. The summed E-state index contributed by atoms with van der Waals surface area (Å²) in [5, 5.41) is 0. The number of fused-ring (bicyclic) bond motifs is 3. The van der Waals surface area contributed by atoms with E-state index in [0.717, 1.165) is 12.8 Å². The van der Waals surface area contributed by atoms with Gasteiger partial charge in [-0.3, -0.25) is 9.59 Å². The Morgan fingerprint density at radius 1 is 1.05 bits per heavy atom. The molecule has 3 aliphatic rings. The van der Waals surface area contributed by atoms with Gasteiger partial charge in [-0.1, -0.05) is 31.6 Å². The maximum Gasteiger partial charge on any atom is 0.178 e. The Morgan fingerprint density at radius 3 is 2.45 bits per heavy atom. The lowest BCUT2D eigenvalue weighted by molar-refractivity contribution is -0.128. The van der Waals surface area contributed by atoms with E-state index in [1.807, 2.05) is 26.0 Å². The van der Waals surface area contributed by atoms with Crippen LogP contribution in [0.2, 0.25) is 0 Å². The first-order valence-corrected chi connectivity index (χ1v) is 7.40. The zero-order valence-electron chi connectivity index (χ0n) is 12.7. The van der Waals surface area contributed by atoms with Crippen molar-refractivity contribution in [3.05, 3.63) is 35.5 Å². The molecule has 3 aliphatic carbocycles. The van der Waals surface area contributed by atoms with Crippen molar-refractivity contribution in [3.8, 4) is 0 Å². The average molecular weight is 270 g/mol. The third kappa shape index (κ3) is 1.57. The number of allylic oxidation sites excluding steroid dienone is 6. The predicted octanol–water partition coefficient (Wildman–Crippen LogP) is 3.78. The van der Waals surface area contributed by atoms with Crippen molar-refractivity contribution >= 4 is 11.6 Å². The van der Waals surface area contributed by atoms with Crippen molar-refractivity contribution in [1.29, 1.82) is 0 Å². The van der Waals surface area contributed by atoms with Crippen molar-refractivity contribution in [2.75, 3.05) is 0 Å². The van der Waals surface area contributed by atoms with Crippen LogP contribution in [0.1, 0.15) is 47.0 Å². The highest BCUT2D eigenvalue weighted by atomic mass is 16.1. The van der Waals surface area contributed by atoms with Crippen LogP contribution in [-0.4, -0.2) is 11.6 Å². The van der Waals surface area contributed by atoms with Crippen molar-refractivity contribution in [3.63, 3.8) is 0 Å². The Kier molecular flexibility index (Phi) is 2.58. The highest BCUT2D eigenvalue weighted by Crippen LogP contribution is 2.61. The minimum atomic E-state index is -0.403. The molecule has 0 aromatic rings. The first kappa shape index (κ1) is 13.5. The Morgan fingerprint density at radius 2 is 1.75 bits per heavy atom. The summed E-state index contributed by atoms with van der Waals surface area (Å²) in [6.07, 6.45) is 10.1. The van der Waals surface area contributed by atoms with Crippen LogP contribution < -0.4 is 0 Å². The molecular formula is C18H22O2. The first-order chi connectivity index (χ1) is 9.20. The van der Waals surface area contributed by atoms with E-state index >= 15 is 0 Å². The fraction of sp³-hybridized carbons (Fsp3) is 0.556. The molecule has 3 rings (SSSR count). The maximum atomic E-state index is 12.3. The third-order valence-electron chi connectivity index (χ3n) is 5.66. The van der Waals surface area contributed by atoms with Crippen LogP contribution >= 0.6 is 0 Å². The Bertz CT molecular complexity index is 603. The van der Waals surface area contributed by atoms with Crippen LogP contribution in [0.4, 0.5) is 0 Å². The van der Waals surface area contributed by atoms with Crippen LogP contribution in [-0.2, 0) is 9.59 Å². The lowest BCUT2D eigenvalue weighted by Gasteiger charge is -2.54. The zero-order chi connectivity index (χ0) is 14.8. The fourth-order valence-electron chi connectivity index (χ4n) is 4.40. The number of hydrogen-bond acceptors (Lipinski definition) is 2. The van der Waals surface area contributed by atoms with Crippen LogP contribution in [0.25, 0.3) is 0 Å². The summed E-state index contributed by atoms with van der Waals surface area (Å²) < 4.78 is 0. The molecule has 0 aromatic carbocycles. The van der Waals surface area contributed by atoms with E-state index in [9.17, 15) is 9.59 Å². The highest BCUT2D eigenvalue weighted by Gasteiger charge is 2.53.